The molecule has 2 saturated carbocycles. The molecule has 3 rings (SSSR count). The second-order valence-electron chi connectivity index (χ2n) is 7.86. The second-order valence-corrected chi connectivity index (χ2v) is 9.08. The third-order valence-corrected chi connectivity index (χ3v) is 8.69. The van der Waals surface area contributed by atoms with Crippen LogP contribution in [0.15, 0.2) is 29.2 Å². The summed E-state index contributed by atoms with van der Waals surface area (Å²) in [6.45, 7) is 5.30. The largest absolute Gasteiger partial charge is 0.481 e. The van der Waals surface area contributed by atoms with Crippen molar-refractivity contribution in [3.05, 3.63) is 29.8 Å². The molecule has 7 heteroatoms. The number of benzene rings is 1. The van der Waals surface area contributed by atoms with E-state index in [1.54, 1.807) is 6.92 Å². The average Bonchev–Trinajstić information content (AvgIpc) is 3.29. The zero-order valence-corrected chi connectivity index (χ0v) is 17.2. The fraction of sp³-hybridized carbons (Fsp3) is 0.571. The number of hydrogen-bond acceptors (Lipinski definition) is 5. The van der Waals surface area contributed by atoms with E-state index in [0.717, 1.165) is 10.5 Å². The number of carbonyl (C=O) groups excluding carboxylic acids is 1. The number of ketones is 1. The average molecular weight is 406 g/mol. The van der Waals surface area contributed by atoms with Crippen molar-refractivity contribution >= 4 is 29.5 Å². The molecule has 4 N–H and O–H groups in total. The number of aliphatic carboxylic acids is 2. The molecule has 1 aromatic rings. The van der Waals surface area contributed by atoms with Gasteiger partial charge >= 0.3 is 11.9 Å². The lowest BCUT2D eigenvalue weighted by atomic mass is 9.62. The van der Waals surface area contributed by atoms with Gasteiger partial charge in [-0.15, -0.1) is 11.8 Å². The standard InChI is InChI=1S/C21H27NO5S/c1-4-20-15(16(20)18(24)25)17(28-13-9-7-6-8-11(13)3)14(12(23)10-22)21(20,5-2)19(26)27/h6-9,14-17H,4-5,10,22H2,1-3H3,(H,24,25)(H,26,27). The van der Waals surface area contributed by atoms with Crippen LogP contribution in [0.2, 0.25) is 0 Å². The van der Waals surface area contributed by atoms with Gasteiger partial charge in [0.05, 0.1) is 17.9 Å². The van der Waals surface area contributed by atoms with Crippen molar-refractivity contribution in [2.24, 2.45) is 34.3 Å². The highest BCUT2D eigenvalue weighted by molar-refractivity contribution is 8.00. The van der Waals surface area contributed by atoms with Crippen LogP contribution < -0.4 is 5.73 Å². The summed E-state index contributed by atoms with van der Waals surface area (Å²) in [6.07, 6.45) is 0.617. The van der Waals surface area contributed by atoms with E-state index in [1.165, 1.54) is 11.8 Å². The number of fused-ring (bicyclic) bond motifs is 1. The third kappa shape index (κ3) is 2.48. The number of thioether (sulfide) groups is 1. The Kier molecular flexibility index (Phi) is 5.36. The van der Waals surface area contributed by atoms with Crippen LogP contribution >= 0.6 is 11.8 Å². The van der Waals surface area contributed by atoms with Gasteiger partial charge in [-0.1, -0.05) is 32.0 Å². The van der Waals surface area contributed by atoms with Crippen LogP contribution in [0.4, 0.5) is 0 Å². The van der Waals surface area contributed by atoms with Crippen molar-refractivity contribution in [1.82, 2.24) is 0 Å². The number of carboxylic acid groups (broad SMARTS) is 2. The zero-order chi connectivity index (χ0) is 20.9. The normalized spacial score (nSPS) is 36.0. The number of aryl methyl sites for hydroxylation is 1. The van der Waals surface area contributed by atoms with E-state index in [0.29, 0.717) is 6.42 Å². The molecule has 6 unspecified atom stereocenters. The summed E-state index contributed by atoms with van der Waals surface area (Å²) in [5.74, 6) is -4.26. The van der Waals surface area contributed by atoms with Crippen molar-refractivity contribution in [2.75, 3.05) is 6.54 Å². The summed E-state index contributed by atoms with van der Waals surface area (Å²) in [5, 5.41) is 19.8. The van der Waals surface area contributed by atoms with Gasteiger partial charge < -0.3 is 15.9 Å². The molecule has 0 aromatic heterocycles. The molecular formula is C21H27NO5S. The highest BCUT2D eigenvalue weighted by Gasteiger charge is 2.87. The molecule has 2 fully saturated rings. The number of carbonyl (C=O) groups is 3. The molecule has 2 aliphatic carbocycles. The second kappa shape index (κ2) is 7.19. The van der Waals surface area contributed by atoms with E-state index in [-0.39, 0.29) is 24.7 Å². The topological polar surface area (TPSA) is 118 Å². The number of carboxylic acids is 2. The molecule has 0 saturated heterocycles. The number of nitrogens with two attached hydrogens (primary N) is 1. The molecule has 6 atom stereocenters. The maximum Gasteiger partial charge on any atom is 0.311 e. The SMILES string of the molecule is CCC1(C(=O)O)C(C(=O)CN)C(Sc2ccccc2C)C2C(C(=O)O)C21CC. The van der Waals surface area contributed by atoms with Crippen molar-refractivity contribution < 1.29 is 24.6 Å². The lowest BCUT2D eigenvalue weighted by molar-refractivity contribution is -0.163. The van der Waals surface area contributed by atoms with E-state index in [9.17, 15) is 24.6 Å². The first-order valence-electron chi connectivity index (χ1n) is 9.65. The Morgan fingerprint density at radius 2 is 1.75 bits per heavy atom. The van der Waals surface area contributed by atoms with Gasteiger partial charge in [0.1, 0.15) is 0 Å². The van der Waals surface area contributed by atoms with Crippen molar-refractivity contribution in [3.63, 3.8) is 0 Å². The van der Waals surface area contributed by atoms with Crippen LogP contribution in [0.1, 0.15) is 32.3 Å². The maximum absolute atomic E-state index is 12.9. The molecule has 0 spiro atoms. The first-order chi connectivity index (χ1) is 13.2. The molecule has 2 aliphatic rings. The van der Waals surface area contributed by atoms with Crippen LogP contribution in [0, 0.1) is 35.5 Å². The van der Waals surface area contributed by atoms with E-state index in [1.807, 2.05) is 38.1 Å². The number of hydrogen-bond donors (Lipinski definition) is 3. The molecule has 28 heavy (non-hydrogen) atoms. The van der Waals surface area contributed by atoms with Crippen molar-refractivity contribution in [2.45, 2.75) is 43.8 Å². The molecular weight excluding hydrogens is 378 g/mol. The van der Waals surface area contributed by atoms with Crippen LogP contribution in [-0.4, -0.2) is 39.7 Å². The number of Topliss-reactive ketones (excluding diaryl/α,β-unsaturated/α-hetero) is 1. The quantitative estimate of drug-likeness (QED) is 0.608. The smallest absolute Gasteiger partial charge is 0.311 e. The Labute approximate surface area is 168 Å². The summed E-state index contributed by atoms with van der Waals surface area (Å²) in [7, 11) is 0. The van der Waals surface area contributed by atoms with Gasteiger partial charge in [0.2, 0.25) is 0 Å². The van der Waals surface area contributed by atoms with Crippen molar-refractivity contribution in [1.29, 1.82) is 0 Å². The van der Waals surface area contributed by atoms with Crippen molar-refractivity contribution in [3.8, 4) is 0 Å². The van der Waals surface area contributed by atoms with E-state index >= 15 is 0 Å². The lowest BCUT2D eigenvalue weighted by Crippen LogP contribution is -2.51. The molecule has 0 heterocycles. The minimum absolute atomic E-state index is 0.206. The monoisotopic (exact) mass is 405 g/mol. The number of rotatable bonds is 8. The summed E-state index contributed by atoms with van der Waals surface area (Å²) in [6, 6.07) is 7.69. The van der Waals surface area contributed by atoms with E-state index in [2.05, 4.69) is 0 Å². The molecule has 6 nitrogen and oxygen atoms in total. The highest BCUT2D eigenvalue weighted by atomic mass is 32.2. The Bertz CT molecular complexity index is 827. The van der Waals surface area contributed by atoms with E-state index < -0.39 is 39.9 Å². The fourth-order valence-electron chi connectivity index (χ4n) is 6.04. The van der Waals surface area contributed by atoms with Crippen LogP contribution in [0.5, 0.6) is 0 Å². The summed E-state index contributed by atoms with van der Waals surface area (Å²) in [5.41, 5.74) is 4.37. The molecule has 0 radical (unpaired) electrons. The Balaban J connectivity index is 2.19. The van der Waals surface area contributed by atoms with Crippen LogP contribution in [0.3, 0.4) is 0 Å². The maximum atomic E-state index is 12.9. The first-order valence-corrected chi connectivity index (χ1v) is 10.5. The molecule has 0 amide bonds. The predicted octanol–water partition coefficient (Wildman–Crippen LogP) is 2.82. The van der Waals surface area contributed by atoms with Crippen LogP contribution in [0.25, 0.3) is 0 Å². The molecule has 1 aromatic carbocycles. The van der Waals surface area contributed by atoms with E-state index in [4.69, 9.17) is 5.73 Å². The Morgan fingerprint density at radius 1 is 1.11 bits per heavy atom. The zero-order valence-electron chi connectivity index (χ0n) is 16.3. The third-order valence-electron chi connectivity index (χ3n) is 7.14. The highest BCUT2D eigenvalue weighted by Crippen LogP contribution is 2.82. The minimum atomic E-state index is -1.41. The van der Waals surface area contributed by atoms with Gasteiger partial charge in [0, 0.05) is 21.5 Å². The van der Waals surface area contributed by atoms with Gasteiger partial charge in [0.15, 0.2) is 5.78 Å². The minimum Gasteiger partial charge on any atom is -0.481 e. The fourth-order valence-corrected chi connectivity index (χ4v) is 7.81. The van der Waals surface area contributed by atoms with Gasteiger partial charge in [-0.05, 0) is 37.3 Å². The molecule has 0 aliphatic heterocycles. The van der Waals surface area contributed by atoms with Gasteiger partial charge in [-0.25, -0.2) is 0 Å². The summed E-state index contributed by atoms with van der Waals surface area (Å²) in [4.78, 5) is 38.6. The molecule has 152 valence electrons. The summed E-state index contributed by atoms with van der Waals surface area (Å²) >= 11 is 1.45. The molecule has 0 bridgehead atoms. The Morgan fingerprint density at radius 3 is 2.21 bits per heavy atom. The predicted molar refractivity (Wildman–Crippen MR) is 106 cm³/mol. The first kappa shape index (κ1) is 20.9. The van der Waals surface area contributed by atoms with Gasteiger partial charge in [-0.3, -0.25) is 14.4 Å². The lowest BCUT2D eigenvalue weighted by Gasteiger charge is -2.40. The Hall–Kier alpha value is -1.86. The summed E-state index contributed by atoms with van der Waals surface area (Å²) < 4.78 is 0. The van der Waals surface area contributed by atoms with Crippen LogP contribution in [-0.2, 0) is 14.4 Å². The van der Waals surface area contributed by atoms with Gasteiger partial charge in [0.25, 0.3) is 0 Å². The van der Waals surface area contributed by atoms with Gasteiger partial charge in [-0.2, -0.15) is 0 Å².